The van der Waals surface area contributed by atoms with E-state index in [9.17, 15) is 0 Å². The predicted molar refractivity (Wildman–Crippen MR) is 80.2 cm³/mol. The van der Waals surface area contributed by atoms with Gasteiger partial charge in [0.15, 0.2) is 0 Å². The summed E-state index contributed by atoms with van der Waals surface area (Å²) in [6, 6.07) is 4.95. The van der Waals surface area contributed by atoms with E-state index < -0.39 is 0 Å². The SMILES string of the molecule is CCNC(c1cccs1)C1(N(C)C)CCCCC1. The van der Waals surface area contributed by atoms with Crippen LogP contribution in [-0.4, -0.2) is 31.1 Å². The first kappa shape index (κ1) is 14.0. The molecule has 2 nitrogen and oxygen atoms in total. The van der Waals surface area contributed by atoms with E-state index in [0.717, 1.165) is 6.54 Å². The molecule has 1 aliphatic rings. The normalized spacial score (nSPS) is 21.1. The highest BCUT2D eigenvalue weighted by Crippen LogP contribution is 2.43. The molecule has 1 aliphatic carbocycles. The fraction of sp³-hybridized carbons (Fsp3) is 0.733. The summed E-state index contributed by atoms with van der Waals surface area (Å²) in [5, 5.41) is 5.95. The maximum Gasteiger partial charge on any atom is 0.0601 e. The van der Waals surface area contributed by atoms with Gasteiger partial charge in [0, 0.05) is 10.4 Å². The van der Waals surface area contributed by atoms with Crippen molar-refractivity contribution >= 4 is 11.3 Å². The van der Waals surface area contributed by atoms with E-state index in [4.69, 9.17) is 0 Å². The Morgan fingerprint density at radius 1 is 1.33 bits per heavy atom. The lowest BCUT2D eigenvalue weighted by Gasteiger charge is -2.48. The Kier molecular flexibility index (Phi) is 4.82. The topological polar surface area (TPSA) is 15.3 Å². The second-order valence-corrected chi connectivity index (χ2v) is 6.54. The lowest BCUT2D eigenvalue weighted by Crippen LogP contribution is -2.54. The Morgan fingerprint density at radius 3 is 2.56 bits per heavy atom. The lowest BCUT2D eigenvalue weighted by molar-refractivity contribution is 0.0583. The first-order chi connectivity index (χ1) is 8.70. The fourth-order valence-electron chi connectivity index (χ4n) is 3.37. The summed E-state index contributed by atoms with van der Waals surface area (Å²) in [7, 11) is 4.51. The second kappa shape index (κ2) is 6.18. The van der Waals surface area contributed by atoms with Crippen molar-refractivity contribution in [3.8, 4) is 0 Å². The van der Waals surface area contributed by atoms with Gasteiger partial charge in [0.2, 0.25) is 0 Å². The molecule has 3 heteroatoms. The summed E-state index contributed by atoms with van der Waals surface area (Å²) < 4.78 is 0. The van der Waals surface area contributed by atoms with Crippen LogP contribution in [0.25, 0.3) is 0 Å². The Balaban J connectivity index is 2.30. The van der Waals surface area contributed by atoms with Crippen LogP contribution >= 0.6 is 11.3 Å². The zero-order valence-corrected chi connectivity index (χ0v) is 12.7. The van der Waals surface area contributed by atoms with Gasteiger partial charge in [-0.2, -0.15) is 0 Å². The van der Waals surface area contributed by atoms with Gasteiger partial charge >= 0.3 is 0 Å². The molecule has 102 valence electrons. The van der Waals surface area contributed by atoms with Crippen molar-refractivity contribution in [1.82, 2.24) is 10.2 Å². The first-order valence-electron chi connectivity index (χ1n) is 7.15. The lowest BCUT2D eigenvalue weighted by atomic mass is 9.74. The Bertz CT molecular complexity index is 339. The molecular weight excluding hydrogens is 240 g/mol. The number of rotatable bonds is 5. The molecule has 1 N–H and O–H groups in total. The minimum atomic E-state index is 0.305. The Hall–Kier alpha value is -0.380. The Morgan fingerprint density at radius 2 is 2.06 bits per heavy atom. The van der Waals surface area contributed by atoms with Gasteiger partial charge < -0.3 is 10.2 Å². The van der Waals surface area contributed by atoms with Gasteiger partial charge in [-0.3, -0.25) is 0 Å². The molecule has 0 saturated heterocycles. The molecule has 1 aromatic heterocycles. The molecule has 1 fully saturated rings. The van der Waals surface area contributed by atoms with Crippen molar-refractivity contribution in [2.45, 2.75) is 50.6 Å². The summed E-state index contributed by atoms with van der Waals surface area (Å²) in [4.78, 5) is 3.96. The number of hydrogen-bond donors (Lipinski definition) is 1. The van der Waals surface area contributed by atoms with Crippen LogP contribution in [0, 0.1) is 0 Å². The van der Waals surface area contributed by atoms with E-state index in [1.165, 1.54) is 37.0 Å². The molecular formula is C15H26N2S. The molecule has 0 radical (unpaired) electrons. The zero-order valence-electron chi connectivity index (χ0n) is 11.9. The zero-order chi connectivity index (χ0) is 13.0. The van der Waals surface area contributed by atoms with Crippen LogP contribution < -0.4 is 5.32 Å². The molecule has 0 amide bonds. The first-order valence-corrected chi connectivity index (χ1v) is 8.03. The maximum atomic E-state index is 3.75. The average Bonchev–Trinajstić information content (AvgIpc) is 2.90. The predicted octanol–water partition coefficient (Wildman–Crippen LogP) is 3.66. The van der Waals surface area contributed by atoms with Gasteiger partial charge in [-0.15, -0.1) is 11.3 Å². The number of nitrogens with one attached hydrogen (secondary N) is 1. The van der Waals surface area contributed by atoms with Crippen molar-refractivity contribution in [3.63, 3.8) is 0 Å². The molecule has 1 atom stereocenters. The number of thiophene rings is 1. The van der Waals surface area contributed by atoms with Crippen molar-refractivity contribution in [1.29, 1.82) is 0 Å². The molecule has 0 aromatic carbocycles. The van der Waals surface area contributed by atoms with E-state index in [1.54, 1.807) is 0 Å². The molecule has 1 unspecified atom stereocenters. The smallest absolute Gasteiger partial charge is 0.0601 e. The maximum absolute atomic E-state index is 3.75. The molecule has 18 heavy (non-hydrogen) atoms. The molecule has 0 aliphatic heterocycles. The minimum Gasteiger partial charge on any atom is -0.308 e. The van der Waals surface area contributed by atoms with Crippen LogP contribution in [0.4, 0.5) is 0 Å². The number of nitrogens with zero attached hydrogens (tertiary/aromatic N) is 1. The van der Waals surface area contributed by atoms with Gasteiger partial charge in [-0.05, 0) is 44.9 Å². The molecule has 0 spiro atoms. The number of hydrogen-bond acceptors (Lipinski definition) is 3. The van der Waals surface area contributed by atoms with Crippen LogP contribution in [0.3, 0.4) is 0 Å². The van der Waals surface area contributed by atoms with Crippen molar-refractivity contribution in [2.75, 3.05) is 20.6 Å². The summed E-state index contributed by atoms with van der Waals surface area (Å²) in [5.41, 5.74) is 0.305. The third kappa shape index (κ3) is 2.63. The quantitative estimate of drug-likeness (QED) is 0.875. The van der Waals surface area contributed by atoms with Gasteiger partial charge in [0.05, 0.1) is 6.04 Å². The molecule has 0 bridgehead atoms. The van der Waals surface area contributed by atoms with Crippen molar-refractivity contribution in [3.05, 3.63) is 22.4 Å². The van der Waals surface area contributed by atoms with E-state index in [-0.39, 0.29) is 0 Å². The average molecular weight is 266 g/mol. The third-order valence-electron chi connectivity index (χ3n) is 4.38. The highest BCUT2D eigenvalue weighted by Gasteiger charge is 2.42. The molecule has 1 heterocycles. The third-order valence-corrected chi connectivity index (χ3v) is 5.32. The minimum absolute atomic E-state index is 0.305. The highest BCUT2D eigenvalue weighted by atomic mass is 32.1. The fourth-order valence-corrected chi connectivity index (χ4v) is 4.28. The van der Waals surface area contributed by atoms with E-state index in [0.29, 0.717) is 11.6 Å². The van der Waals surface area contributed by atoms with Crippen molar-refractivity contribution < 1.29 is 0 Å². The van der Waals surface area contributed by atoms with Crippen LogP contribution in [0.15, 0.2) is 17.5 Å². The van der Waals surface area contributed by atoms with Crippen LogP contribution in [0.1, 0.15) is 49.9 Å². The number of likely N-dealkylation sites (N-methyl/N-ethyl adjacent to an activating group) is 2. The van der Waals surface area contributed by atoms with Gasteiger partial charge in [-0.25, -0.2) is 0 Å². The van der Waals surface area contributed by atoms with Crippen molar-refractivity contribution in [2.24, 2.45) is 0 Å². The summed E-state index contributed by atoms with van der Waals surface area (Å²) in [6.45, 7) is 3.25. The summed E-state index contributed by atoms with van der Waals surface area (Å²) in [5.74, 6) is 0. The van der Waals surface area contributed by atoms with E-state index in [2.05, 4.69) is 48.7 Å². The van der Waals surface area contributed by atoms with E-state index in [1.807, 2.05) is 11.3 Å². The van der Waals surface area contributed by atoms with Gasteiger partial charge in [0.25, 0.3) is 0 Å². The monoisotopic (exact) mass is 266 g/mol. The largest absolute Gasteiger partial charge is 0.308 e. The van der Waals surface area contributed by atoms with Gasteiger partial charge in [0.1, 0.15) is 0 Å². The molecule has 2 rings (SSSR count). The highest BCUT2D eigenvalue weighted by molar-refractivity contribution is 7.10. The van der Waals surface area contributed by atoms with E-state index >= 15 is 0 Å². The summed E-state index contributed by atoms with van der Waals surface area (Å²) in [6.07, 6.45) is 6.76. The standard InChI is InChI=1S/C15H26N2S/c1-4-16-14(13-9-8-12-18-13)15(17(2)3)10-6-5-7-11-15/h8-9,12,14,16H,4-7,10-11H2,1-3H3. The molecule has 1 aromatic rings. The van der Waals surface area contributed by atoms with Crippen LogP contribution in [0.5, 0.6) is 0 Å². The Labute approximate surface area is 115 Å². The molecule has 1 saturated carbocycles. The van der Waals surface area contributed by atoms with Gasteiger partial charge in [-0.1, -0.05) is 32.3 Å². The summed E-state index contributed by atoms with van der Waals surface area (Å²) >= 11 is 1.89. The second-order valence-electron chi connectivity index (χ2n) is 5.56. The van der Waals surface area contributed by atoms with Crippen LogP contribution in [0.2, 0.25) is 0 Å². The van der Waals surface area contributed by atoms with Crippen LogP contribution in [-0.2, 0) is 0 Å².